The number of allylic oxidation sites excluding steroid dienone is 1. The van der Waals surface area contributed by atoms with Crippen molar-refractivity contribution in [3.8, 4) is 0 Å². The SMILES string of the molecule is C1=CC2C=CC3C=CCNC3C2N=C1. The van der Waals surface area contributed by atoms with E-state index in [0.717, 1.165) is 6.54 Å². The molecular weight excluding hydrogens is 172 g/mol. The number of nitrogens with one attached hydrogen (secondary N) is 1. The van der Waals surface area contributed by atoms with E-state index < -0.39 is 0 Å². The fraction of sp³-hybridized carbons (Fsp3) is 0.417. The molecule has 0 aromatic rings. The Bertz CT molecular complexity index is 338. The highest BCUT2D eigenvalue weighted by Gasteiger charge is 2.35. The summed E-state index contributed by atoms with van der Waals surface area (Å²) in [5.41, 5.74) is 0. The average molecular weight is 186 g/mol. The first-order valence-corrected chi connectivity index (χ1v) is 5.23. The third-order valence-corrected chi connectivity index (χ3v) is 3.24. The monoisotopic (exact) mass is 186 g/mol. The Hall–Kier alpha value is -1.15. The van der Waals surface area contributed by atoms with Gasteiger partial charge in [-0.1, -0.05) is 30.4 Å². The molecule has 1 aliphatic carbocycles. The maximum Gasteiger partial charge on any atom is 0.0758 e. The van der Waals surface area contributed by atoms with Crippen molar-refractivity contribution in [3.05, 3.63) is 36.5 Å². The highest BCUT2D eigenvalue weighted by molar-refractivity contribution is 5.72. The summed E-state index contributed by atoms with van der Waals surface area (Å²) in [5, 5.41) is 3.53. The molecule has 2 heteroatoms. The van der Waals surface area contributed by atoms with Crippen molar-refractivity contribution in [2.75, 3.05) is 6.54 Å². The lowest BCUT2D eigenvalue weighted by Crippen LogP contribution is -2.50. The number of aliphatic imine (C=N–C) groups is 1. The molecule has 14 heavy (non-hydrogen) atoms. The van der Waals surface area contributed by atoms with Crippen LogP contribution in [0.25, 0.3) is 0 Å². The highest BCUT2D eigenvalue weighted by Crippen LogP contribution is 2.30. The number of nitrogens with zero attached hydrogens (tertiary/aromatic N) is 1. The van der Waals surface area contributed by atoms with E-state index in [1.54, 1.807) is 0 Å². The van der Waals surface area contributed by atoms with Crippen molar-refractivity contribution >= 4 is 6.21 Å². The van der Waals surface area contributed by atoms with E-state index in [-0.39, 0.29) is 0 Å². The normalized spacial score (nSPS) is 43.4. The maximum absolute atomic E-state index is 4.58. The molecule has 4 atom stereocenters. The summed E-state index contributed by atoms with van der Waals surface area (Å²) in [5.74, 6) is 1.04. The second-order valence-corrected chi connectivity index (χ2v) is 4.08. The Morgan fingerprint density at radius 3 is 3.00 bits per heavy atom. The zero-order chi connectivity index (χ0) is 9.38. The summed E-state index contributed by atoms with van der Waals surface area (Å²) in [6.45, 7) is 0.984. The minimum absolute atomic E-state index is 0.403. The van der Waals surface area contributed by atoms with E-state index in [0.29, 0.717) is 23.9 Å². The molecule has 0 amide bonds. The minimum atomic E-state index is 0.403. The first kappa shape index (κ1) is 8.18. The highest BCUT2D eigenvalue weighted by atomic mass is 15.0. The maximum atomic E-state index is 4.58. The fourth-order valence-corrected chi connectivity index (χ4v) is 2.52. The Labute approximate surface area is 84.1 Å². The molecular formula is C12H14N2. The van der Waals surface area contributed by atoms with Gasteiger partial charge < -0.3 is 5.32 Å². The quantitative estimate of drug-likeness (QED) is 0.567. The van der Waals surface area contributed by atoms with Crippen LogP contribution in [0.1, 0.15) is 0 Å². The van der Waals surface area contributed by atoms with Crippen LogP contribution in [0.2, 0.25) is 0 Å². The van der Waals surface area contributed by atoms with Crippen LogP contribution in [-0.2, 0) is 0 Å². The molecule has 0 saturated heterocycles. The van der Waals surface area contributed by atoms with Gasteiger partial charge in [0, 0.05) is 30.6 Å². The van der Waals surface area contributed by atoms with Gasteiger partial charge in [0.25, 0.3) is 0 Å². The summed E-state index contributed by atoms with van der Waals surface area (Å²) in [4.78, 5) is 4.58. The van der Waals surface area contributed by atoms with E-state index in [1.807, 2.05) is 12.3 Å². The molecule has 0 aromatic heterocycles. The molecule has 0 radical (unpaired) electrons. The lowest BCUT2D eigenvalue weighted by atomic mass is 9.78. The summed E-state index contributed by atoms with van der Waals surface area (Å²) in [6, 6.07) is 0.899. The van der Waals surface area contributed by atoms with Crippen LogP contribution in [0.3, 0.4) is 0 Å². The van der Waals surface area contributed by atoms with E-state index in [1.165, 1.54) is 0 Å². The minimum Gasteiger partial charge on any atom is -0.308 e. The van der Waals surface area contributed by atoms with Gasteiger partial charge in [-0.15, -0.1) is 0 Å². The van der Waals surface area contributed by atoms with E-state index >= 15 is 0 Å². The van der Waals surface area contributed by atoms with Crippen molar-refractivity contribution in [1.29, 1.82) is 0 Å². The van der Waals surface area contributed by atoms with Crippen LogP contribution in [0.15, 0.2) is 41.4 Å². The van der Waals surface area contributed by atoms with Crippen LogP contribution in [-0.4, -0.2) is 24.8 Å². The third-order valence-electron chi connectivity index (χ3n) is 3.24. The van der Waals surface area contributed by atoms with Gasteiger partial charge >= 0.3 is 0 Å². The molecule has 72 valence electrons. The van der Waals surface area contributed by atoms with Crippen LogP contribution in [0, 0.1) is 11.8 Å². The van der Waals surface area contributed by atoms with Gasteiger partial charge in [-0.2, -0.15) is 0 Å². The Balaban J connectivity index is 1.95. The lowest BCUT2D eigenvalue weighted by Gasteiger charge is -2.38. The molecule has 4 unspecified atom stereocenters. The predicted molar refractivity (Wildman–Crippen MR) is 58.5 cm³/mol. The zero-order valence-corrected chi connectivity index (χ0v) is 8.01. The summed E-state index contributed by atoms with van der Waals surface area (Å²) in [6.07, 6.45) is 15.3. The number of hydrogen-bond donors (Lipinski definition) is 1. The molecule has 0 fully saturated rings. The third kappa shape index (κ3) is 1.18. The lowest BCUT2D eigenvalue weighted by molar-refractivity contribution is 0.340. The Morgan fingerprint density at radius 1 is 1.07 bits per heavy atom. The second kappa shape index (κ2) is 3.21. The van der Waals surface area contributed by atoms with Crippen molar-refractivity contribution in [3.63, 3.8) is 0 Å². The van der Waals surface area contributed by atoms with Crippen LogP contribution in [0.4, 0.5) is 0 Å². The number of rotatable bonds is 0. The fourth-order valence-electron chi connectivity index (χ4n) is 2.52. The molecule has 0 aromatic carbocycles. The van der Waals surface area contributed by atoms with Crippen LogP contribution >= 0.6 is 0 Å². The molecule has 2 heterocycles. The molecule has 3 rings (SSSR count). The second-order valence-electron chi connectivity index (χ2n) is 4.08. The van der Waals surface area contributed by atoms with Crippen molar-refractivity contribution < 1.29 is 0 Å². The van der Waals surface area contributed by atoms with Gasteiger partial charge in [-0.3, -0.25) is 4.99 Å². The molecule has 0 bridgehead atoms. The number of fused-ring (bicyclic) bond motifs is 3. The molecule has 0 saturated carbocycles. The van der Waals surface area contributed by atoms with E-state index in [4.69, 9.17) is 0 Å². The first-order chi connectivity index (χ1) is 6.95. The van der Waals surface area contributed by atoms with Gasteiger partial charge in [0.15, 0.2) is 0 Å². The molecule has 1 N–H and O–H groups in total. The Kier molecular flexibility index (Phi) is 1.88. The van der Waals surface area contributed by atoms with Gasteiger partial charge in [-0.05, 0) is 6.08 Å². The molecule has 3 aliphatic rings. The van der Waals surface area contributed by atoms with Crippen LogP contribution in [0.5, 0.6) is 0 Å². The molecule has 2 aliphatic heterocycles. The predicted octanol–water partition coefficient (Wildman–Crippen LogP) is 1.33. The van der Waals surface area contributed by atoms with Gasteiger partial charge in [0.1, 0.15) is 0 Å². The molecule has 2 nitrogen and oxygen atoms in total. The van der Waals surface area contributed by atoms with Gasteiger partial charge in [0.2, 0.25) is 0 Å². The molecule has 0 spiro atoms. The average Bonchev–Trinajstić information content (AvgIpc) is 2.29. The number of dihydropyridines is 1. The van der Waals surface area contributed by atoms with E-state index in [9.17, 15) is 0 Å². The largest absolute Gasteiger partial charge is 0.308 e. The topological polar surface area (TPSA) is 24.4 Å². The van der Waals surface area contributed by atoms with Crippen molar-refractivity contribution in [2.45, 2.75) is 12.1 Å². The zero-order valence-electron chi connectivity index (χ0n) is 8.01. The van der Waals surface area contributed by atoms with E-state index in [2.05, 4.69) is 40.7 Å². The summed E-state index contributed by atoms with van der Waals surface area (Å²) < 4.78 is 0. The summed E-state index contributed by atoms with van der Waals surface area (Å²) >= 11 is 0. The standard InChI is InChI=1S/C12H14N2/c1-3-9-5-6-10-4-2-8-14-12(10)11(9)13-7-1/h1-7,9-12,14H,8H2. The van der Waals surface area contributed by atoms with Gasteiger partial charge in [-0.25, -0.2) is 0 Å². The summed E-state index contributed by atoms with van der Waals surface area (Å²) in [7, 11) is 0. The Morgan fingerprint density at radius 2 is 2.00 bits per heavy atom. The van der Waals surface area contributed by atoms with Crippen LogP contribution < -0.4 is 5.32 Å². The number of hydrogen-bond acceptors (Lipinski definition) is 2. The smallest absolute Gasteiger partial charge is 0.0758 e. The van der Waals surface area contributed by atoms with Gasteiger partial charge in [0.05, 0.1) is 6.04 Å². The first-order valence-electron chi connectivity index (χ1n) is 5.23. The van der Waals surface area contributed by atoms with Crippen molar-refractivity contribution in [1.82, 2.24) is 5.32 Å². The van der Waals surface area contributed by atoms with Crippen molar-refractivity contribution in [2.24, 2.45) is 16.8 Å².